The number of aliphatic imine (C=N–C) groups is 1. The van der Waals surface area contributed by atoms with Crippen LogP contribution in [-0.4, -0.2) is 64.9 Å². The number of likely N-dealkylation sites (tertiary alicyclic amines) is 1. The number of carbonyl (C=O) groups is 1. The maximum atomic E-state index is 11.9. The molecule has 8 nitrogen and oxygen atoms in total. The molecular formula is C20H32IN3O5. The number of guanidine groups is 1. The molecule has 0 unspecified atom stereocenters. The Labute approximate surface area is 189 Å². The van der Waals surface area contributed by atoms with Gasteiger partial charge in [0.15, 0.2) is 17.5 Å². The molecule has 1 fully saturated rings. The molecule has 0 saturated carbocycles. The zero-order valence-corrected chi connectivity index (χ0v) is 20.1. The molecule has 2 rings (SSSR count). The minimum atomic E-state index is -0.0949. The van der Waals surface area contributed by atoms with Crippen molar-refractivity contribution in [1.82, 2.24) is 10.2 Å². The summed E-state index contributed by atoms with van der Waals surface area (Å²) in [4.78, 5) is 18.4. The zero-order valence-electron chi connectivity index (χ0n) is 17.8. The van der Waals surface area contributed by atoms with Gasteiger partial charge in [-0.15, -0.1) is 24.0 Å². The summed E-state index contributed by atoms with van der Waals surface area (Å²) in [5, 5.41) is 3.37. The quantitative estimate of drug-likeness (QED) is 0.256. The first-order valence-electron chi connectivity index (χ1n) is 9.49. The molecule has 29 heavy (non-hydrogen) atoms. The molecule has 164 valence electrons. The molecular weight excluding hydrogens is 489 g/mol. The fourth-order valence-corrected chi connectivity index (χ4v) is 3.34. The first kappa shape index (κ1) is 25.1. The average Bonchev–Trinajstić information content (AvgIpc) is 2.73. The van der Waals surface area contributed by atoms with Gasteiger partial charge in [-0.3, -0.25) is 9.79 Å². The average molecular weight is 521 g/mol. The van der Waals surface area contributed by atoms with Crippen molar-refractivity contribution in [3.05, 3.63) is 17.7 Å². The SMILES string of the molecule is CCOC(=O)C1CCN(C(=NC)NCc2cc(OC)c(OC)c(OC)c2)CC1.I. The molecule has 1 saturated heterocycles. The summed E-state index contributed by atoms with van der Waals surface area (Å²) in [6.07, 6.45) is 1.54. The molecule has 0 aliphatic carbocycles. The van der Waals surface area contributed by atoms with E-state index in [-0.39, 0.29) is 35.9 Å². The van der Waals surface area contributed by atoms with Gasteiger partial charge < -0.3 is 29.2 Å². The van der Waals surface area contributed by atoms with Gasteiger partial charge in [0, 0.05) is 26.7 Å². The molecule has 0 aromatic heterocycles. The van der Waals surface area contributed by atoms with E-state index in [4.69, 9.17) is 18.9 Å². The fourth-order valence-electron chi connectivity index (χ4n) is 3.34. The van der Waals surface area contributed by atoms with Crippen molar-refractivity contribution >= 4 is 35.9 Å². The predicted molar refractivity (Wildman–Crippen MR) is 123 cm³/mol. The Morgan fingerprint density at radius 2 is 1.72 bits per heavy atom. The standard InChI is InChI=1S/C20H31N3O5.HI/c1-6-28-19(24)15-7-9-23(10-8-15)20(21-2)22-13-14-11-16(25-3)18(27-5)17(12-14)26-4;/h11-12,15H,6-10,13H2,1-5H3,(H,21,22);1H. The number of hydrogen-bond donors (Lipinski definition) is 1. The monoisotopic (exact) mass is 521 g/mol. The first-order valence-corrected chi connectivity index (χ1v) is 9.49. The van der Waals surface area contributed by atoms with Crippen molar-refractivity contribution < 1.29 is 23.7 Å². The Kier molecular flexibility index (Phi) is 10.9. The second-order valence-corrected chi connectivity index (χ2v) is 6.45. The van der Waals surface area contributed by atoms with E-state index in [1.165, 1.54) is 0 Å². The van der Waals surface area contributed by atoms with Crippen molar-refractivity contribution in [2.24, 2.45) is 10.9 Å². The maximum absolute atomic E-state index is 11.9. The molecule has 1 aromatic carbocycles. The molecule has 1 aliphatic rings. The third-order valence-electron chi connectivity index (χ3n) is 4.80. The smallest absolute Gasteiger partial charge is 0.309 e. The van der Waals surface area contributed by atoms with Crippen LogP contribution in [0.5, 0.6) is 17.2 Å². The summed E-state index contributed by atoms with van der Waals surface area (Å²) in [7, 11) is 6.54. The van der Waals surface area contributed by atoms with Gasteiger partial charge in [0.1, 0.15) is 0 Å². The van der Waals surface area contributed by atoms with E-state index in [1.54, 1.807) is 28.4 Å². The highest BCUT2D eigenvalue weighted by Crippen LogP contribution is 2.38. The molecule has 1 heterocycles. The highest BCUT2D eigenvalue weighted by Gasteiger charge is 2.27. The molecule has 0 amide bonds. The van der Waals surface area contributed by atoms with Crippen LogP contribution >= 0.6 is 24.0 Å². The van der Waals surface area contributed by atoms with E-state index in [9.17, 15) is 4.79 Å². The Balaban J connectivity index is 0.00000420. The molecule has 1 aromatic rings. The summed E-state index contributed by atoms with van der Waals surface area (Å²) < 4.78 is 21.3. The third kappa shape index (κ3) is 6.55. The zero-order chi connectivity index (χ0) is 20.5. The number of benzene rings is 1. The molecule has 0 bridgehead atoms. The van der Waals surface area contributed by atoms with Gasteiger partial charge in [-0.05, 0) is 37.5 Å². The van der Waals surface area contributed by atoms with Crippen LogP contribution in [0.25, 0.3) is 0 Å². The normalized spacial score (nSPS) is 14.7. The van der Waals surface area contributed by atoms with Crippen LogP contribution in [0, 0.1) is 5.92 Å². The van der Waals surface area contributed by atoms with Crippen molar-refractivity contribution in [1.29, 1.82) is 0 Å². The Morgan fingerprint density at radius 1 is 1.14 bits per heavy atom. The van der Waals surface area contributed by atoms with Gasteiger partial charge in [-0.25, -0.2) is 0 Å². The van der Waals surface area contributed by atoms with Crippen molar-refractivity contribution in [3.63, 3.8) is 0 Å². The first-order chi connectivity index (χ1) is 13.6. The summed E-state index contributed by atoms with van der Waals surface area (Å²) in [5.74, 6) is 2.48. The fraction of sp³-hybridized carbons (Fsp3) is 0.600. The van der Waals surface area contributed by atoms with Crippen LogP contribution in [0.15, 0.2) is 17.1 Å². The Morgan fingerprint density at radius 3 is 2.17 bits per heavy atom. The number of rotatable bonds is 7. The topological polar surface area (TPSA) is 81.6 Å². The number of nitrogens with zero attached hydrogens (tertiary/aromatic N) is 2. The second kappa shape index (κ2) is 12.6. The van der Waals surface area contributed by atoms with Crippen molar-refractivity contribution in [3.8, 4) is 17.2 Å². The second-order valence-electron chi connectivity index (χ2n) is 6.45. The van der Waals surface area contributed by atoms with E-state index in [0.717, 1.165) is 37.5 Å². The van der Waals surface area contributed by atoms with Gasteiger partial charge in [-0.1, -0.05) is 0 Å². The minimum Gasteiger partial charge on any atom is -0.493 e. The van der Waals surface area contributed by atoms with Crippen molar-refractivity contribution in [2.45, 2.75) is 26.3 Å². The van der Waals surface area contributed by atoms with Crippen LogP contribution in [-0.2, 0) is 16.1 Å². The molecule has 1 aliphatic heterocycles. The number of esters is 1. The van der Waals surface area contributed by atoms with E-state index < -0.39 is 0 Å². The van der Waals surface area contributed by atoms with Gasteiger partial charge >= 0.3 is 5.97 Å². The number of hydrogen-bond acceptors (Lipinski definition) is 6. The summed E-state index contributed by atoms with van der Waals surface area (Å²) >= 11 is 0. The molecule has 0 radical (unpaired) electrons. The number of ether oxygens (including phenoxy) is 4. The lowest BCUT2D eigenvalue weighted by Crippen LogP contribution is -2.46. The lowest BCUT2D eigenvalue weighted by Gasteiger charge is -2.33. The minimum absolute atomic E-state index is 0. The van der Waals surface area contributed by atoms with Crippen LogP contribution in [0.3, 0.4) is 0 Å². The number of piperidine rings is 1. The molecule has 9 heteroatoms. The lowest BCUT2D eigenvalue weighted by atomic mass is 9.97. The van der Waals surface area contributed by atoms with Gasteiger partial charge in [0.25, 0.3) is 0 Å². The summed E-state index contributed by atoms with van der Waals surface area (Å²) in [5.41, 5.74) is 0.983. The highest BCUT2D eigenvalue weighted by atomic mass is 127. The van der Waals surface area contributed by atoms with E-state index in [2.05, 4.69) is 15.2 Å². The van der Waals surface area contributed by atoms with E-state index in [1.807, 2.05) is 19.1 Å². The predicted octanol–water partition coefficient (Wildman–Crippen LogP) is 2.68. The molecule has 1 N–H and O–H groups in total. The van der Waals surface area contributed by atoms with Crippen LogP contribution in [0.2, 0.25) is 0 Å². The number of nitrogens with one attached hydrogen (secondary N) is 1. The largest absolute Gasteiger partial charge is 0.493 e. The van der Waals surface area contributed by atoms with E-state index in [0.29, 0.717) is 30.4 Å². The van der Waals surface area contributed by atoms with Crippen LogP contribution in [0.4, 0.5) is 0 Å². The summed E-state index contributed by atoms with van der Waals surface area (Å²) in [6.45, 7) is 4.34. The van der Waals surface area contributed by atoms with Gasteiger partial charge in [0.05, 0.1) is 33.9 Å². The van der Waals surface area contributed by atoms with Crippen LogP contribution in [0.1, 0.15) is 25.3 Å². The number of halogens is 1. The summed E-state index contributed by atoms with van der Waals surface area (Å²) in [6, 6.07) is 3.82. The Hall–Kier alpha value is -1.91. The third-order valence-corrected chi connectivity index (χ3v) is 4.80. The van der Waals surface area contributed by atoms with Gasteiger partial charge in [0.2, 0.25) is 5.75 Å². The number of carbonyl (C=O) groups excluding carboxylic acids is 1. The maximum Gasteiger partial charge on any atom is 0.309 e. The number of methoxy groups -OCH3 is 3. The highest BCUT2D eigenvalue weighted by molar-refractivity contribution is 14.0. The lowest BCUT2D eigenvalue weighted by molar-refractivity contribution is -0.149. The Bertz CT molecular complexity index is 666. The van der Waals surface area contributed by atoms with Crippen molar-refractivity contribution in [2.75, 3.05) is 48.1 Å². The molecule has 0 atom stereocenters. The van der Waals surface area contributed by atoms with Crippen LogP contribution < -0.4 is 19.5 Å². The van der Waals surface area contributed by atoms with Gasteiger partial charge in [-0.2, -0.15) is 0 Å². The molecule has 0 spiro atoms. The van der Waals surface area contributed by atoms with E-state index >= 15 is 0 Å².